The Morgan fingerprint density at radius 2 is 2.19 bits per heavy atom. The Balaban J connectivity index is 1.51. The van der Waals surface area contributed by atoms with E-state index in [1.807, 2.05) is 7.05 Å². The third-order valence-corrected chi connectivity index (χ3v) is 4.74. The molecule has 3 rings (SSSR count). The van der Waals surface area contributed by atoms with E-state index in [0.29, 0.717) is 12.0 Å². The molecule has 21 heavy (non-hydrogen) atoms. The van der Waals surface area contributed by atoms with Crippen LogP contribution in [0.4, 0.5) is 0 Å². The maximum Gasteiger partial charge on any atom is 0.191 e. The predicted octanol–water partition coefficient (Wildman–Crippen LogP) is 1.17. The van der Waals surface area contributed by atoms with Gasteiger partial charge in [-0.15, -0.1) is 0 Å². The Kier molecular flexibility index (Phi) is 4.19. The summed E-state index contributed by atoms with van der Waals surface area (Å²) in [5, 5.41) is 7.02. The number of aryl methyl sites for hydroxylation is 1. The van der Waals surface area contributed by atoms with Crippen LogP contribution in [0.2, 0.25) is 0 Å². The molecule has 1 saturated heterocycles. The number of hydrogen-bond acceptors (Lipinski definition) is 2. The van der Waals surface area contributed by atoms with Crippen LogP contribution in [0.3, 0.4) is 0 Å². The van der Waals surface area contributed by atoms with Crippen LogP contribution >= 0.6 is 0 Å². The first-order valence-electron chi connectivity index (χ1n) is 7.99. The standard InChI is InChI=1S/C16H27N5/c1-12-10-21(13-6-7-13)11-15(12)19-16(17-2)18-9-14-5-4-8-20(14)3/h4-5,8,12-13,15H,6-7,9-11H2,1-3H3,(H2,17,18,19). The maximum absolute atomic E-state index is 4.37. The molecule has 0 radical (unpaired) electrons. The number of aliphatic imine (C=N–C) groups is 1. The Hall–Kier alpha value is -1.49. The monoisotopic (exact) mass is 289 g/mol. The van der Waals surface area contributed by atoms with Crippen LogP contribution in [-0.2, 0) is 13.6 Å². The molecule has 0 spiro atoms. The van der Waals surface area contributed by atoms with E-state index in [1.54, 1.807) is 0 Å². The molecule has 5 nitrogen and oxygen atoms in total. The van der Waals surface area contributed by atoms with Gasteiger partial charge >= 0.3 is 0 Å². The summed E-state index contributed by atoms with van der Waals surface area (Å²) in [6, 6.07) is 5.57. The number of aromatic nitrogens is 1. The molecule has 0 amide bonds. The van der Waals surface area contributed by atoms with Gasteiger partial charge in [0.15, 0.2) is 5.96 Å². The van der Waals surface area contributed by atoms with Crippen molar-refractivity contribution >= 4 is 5.96 Å². The van der Waals surface area contributed by atoms with Gasteiger partial charge in [0.05, 0.1) is 6.54 Å². The van der Waals surface area contributed by atoms with Gasteiger partial charge in [0.25, 0.3) is 0 Å². The summed E-state index contributed by atoms with van der Waals surface area (Å²) in [7, 11) is 3.92. The third-order valence-electron chi connectivity index (χ3n) is 4.74. The maximum atomic E-state index is 4.37. The number of nitrogens with zero attached hydrogens (tertiary/aromatic N) is 3. The van der Waals surface area contributed by atoms with E-state index in [9.17, 15) is 0 Å². The van der Waals surface area contributed by atoms with Gasteiger partial charge in [-0.1, -0.05) is 6.92 Å². The van der Waals surface area contributed by atoms with Crippen molar-refractivity contribution < 1.29 is 0 Å². The van der Waals surface area contributed by atoms with Crippen LogP contribution in [0, 0.1) is 5.92 Å². The molecule has 116 valence electrons. The molecule has 2 fully saturated rings. The van der Waals surface area contributed by atoms with Crippen molar-refractivity contribution in [1.29, 1.82) is 0 Å². The first kappa shape index (κ1) is 14.4. The minimum Gasteiger partial charge on any atom is -0.353 e. The topological polar surface area (TPSA) is 44.6 Å². The van der Waals surface area contributed by atoms with E-state index in [1.165, 1.54) is 25.1 Å². The van der Waals surface area contributed by atoms with E-state index >= 15 is 0 Å². The fourth-order valence-electron chi connectivity index (χ4n) is 3.15. The lowest BCUT2D eigenvalue weighted by Gasteiger charge is -2.20. The summed E-state index contributed by atoms with van der Waals surface area (Å²) in [6.07, 6.45) is 4.85. The van der Waals surface area contributed by atoms with Gasteiger partial charge in [-0.3, -0.25) is 9.89 Å². The van der Waals surface area contributed by atoms with Crippen LogP contribution in [0.15, 0.2) is 23.3 Å². The minimum absolute atomic E-state index is 0.505. The van der Waals surface area contributed by atoms with Crippen molar-refractivity contribution in [2.24, 2.45) is 18.0 Å². The van der Waals surface area contributed by atoms with Crippen molar-refractivity contribution in [3.63, 3.8) is 0 Å². The summed E-state index contributed by atoms with van der Waals surface area (Å²) in [5.41, 5.74) is 1.26. The summed E-state index contributed by atoms with van der Waals surface area (Å²) in [5.74, 6) is 1.59. The molecule has 1 aromatic heterocycles. The molecule has 1 saturated carbocycles. The highest BCUT2D eigenvalue weighted by atomic mass is 15.3. The zero-order chi connectivity index (χ0) is 14.8. The van der Waals surface area contributed by atoms with Crippen LogP contribution in [0.25, 0.3) is 0 Å². The molecule has 2 N–H and O–H groups in total. The fourth-order valence-corrected chi connectivity index (χ4v) is 3.15. The van der Waals surface area contributed by atoms with E-state index in [4.69, 9.17) is 0 Å². The first-order chi connectivity index (χ1) is 10.2. The van der Waals surface area contributed by atoms with E-state index in [2.05, 4.69) is 57.4 Å². The zero-order valence-electron chi connectivity index (χ0n) is 13.3. The van der Waals surface area contributed by atoms with Crippen LogP contribution < -0.4 is 10.6 Å². The number of hydrogen-bond donors (Lipinski definition) is 2. The van der Waals surface area contributed by atoms with Crippen LogP contribution in [0.1, 0.15) is 25.5 Å². The normalized spacial score (nSPS) is 27.1. The van der Waals surface area contributed by atoms with Crippen molar-refractivity contribution in [2.45, 2.75) is 38.4 Å². The molecule has 1 aliphatic heterocycles. The summed E-state index contributed by atoms with van der Waals surface area (Å²) < 4.78 is 2.13. The number of guanidine groups is 1. The molecule has 2 atom stereocenters. The van der Waals surface area contributed by atoms with E-state index < -0.39 is 0 Å². The largest absolute Gasteiger partial charge is 0.353 e. The second kappa shape index (κ2) is 6.10. The van der Waals surface area contributed by atoms with Crippen molar-refractivity contribution in [2.75, 3.05) is 20.1 Å². The molecule has 2 unspecified atom stereocenters. The van der Waals surface area contributed by atoms with Crippen molar-refractivity contribution in [1.82, 2.24) is 20.1 Å². The van der Waals surface area contributed by atoms with Crippen LogP contribution in [0.5, 0.6) is 0 Å². The molecule has 5 heteroatoms. The van der Waals surface area contributed by atoms with Gasteiger partial charge in [0, 0.05) is 51.2 Å². The smallest absolute Gasteiger partial charge is 0.191 e. The van der Waals surface area contributed by atoms with E-state index in [0.717, 1.165) is 25.1 Å². The molecule has 2 heterocycles. The highest BCUT2D eigenvalue weighted by Crippen LogP contribution is 2.31. The van der Waals surface area contributed by atoms with Crippen molar-refractivity contribution in [3.05, 3.63) is 24.0 Å². The number of rotatable bonds is 4. The van der Waals surface area contributed by atoms with Gasteiger partial charge in [0.2, 0.25) is 0 Å². The van der Waals surface area contributed by atoms with Gasteiger partial charge in [-0.05, 0) is 30.9 Å². The number of likely N-dealkylation sites (tertiary alicyclic amines) is 1. The summed E-state index contributed by atoms with van der Waals surface area (Å²) >= 11 is 0. The molecule has 1 aliphatic carbocycles. The van der Waals surface area contributed by atoms with Crippen molar-refractivity contribution in [3.8, 4) is 0 Å². The fraction of sp³-hybridized carbons (Fsp3) is 0.688. The summed E-state index contributed by atoms with van der Waals surface area (Å²) in [6.45, 7) is 5.51. The SMILES string of the molecule is CN=C(NCc1cccn1C)NC1CN(C2CC2)CC1C. The highest BCUT2D eigenvalue weighted by Gasteiger charge is 2.38. The molecule has 0 bridgehead atoms. The highest BCUT2D eigenvalue weighted by molar-refractivity contribution is 5.80. The lowest BCUT2D eigenvalue weighted by Crippen LogP contribution is -2.46. The van der Waals surface area contributed by atoms with Gasteiger partial charge in [0.1, 0.15) is 0 Å². The first-order valence-corrected chi connectivity index (χ1v) is 7.99. The number of nitrogens with one attached hydrogen (secondary N) is 2. The van der Waals surface area contributed by atoms with Crippen LogP contribution in [-0.4, -0.2) is 47.6 Å². The summed E-state index contributed by atoms with van der Waals surface area (Å²) in [4.78, 5) is 7.00. The molecule has 2 aliphatic rings. The Morgan fingerprint density at radius 1 is 1.38 bits per heavy atom. The molecular formula is C16H27N5. The van der Waals surface area contributed by atoms with Gasteiger partial charge in [-0.25, -0.2) is 0 Å². The Bertz CT molecular complexity index is 503. The lowest BCUT2D eigenvalue weighted by atomic mass is 10.1. The van der Waals surface area contributed by atoms with Gasteiger partial charge in [-0.2, -0.15) is 0 Å². The predicted molar refractivity (Wildman–Crippen MR) is 86.3 cm³/mol. The third kappa shape index (κ3) is 3.40. The average Bonchev–Trinajstić information content (AvgIpc) is 3.15. The molecule has 0 aromatic carbocycles. The Labute approximate surface area is 127 Å². The van der Waals surface area contributed by atoms with Gasteiger partial charge < -0.3 is 15.2 Å². The second-order valence-electron chi connectivity index (χ2n) is 6.45. The quantitative estimate of drug-likeness (QED) is 0.646. The second-order valence-corrected chi connectivity index (χ2v) is 6.45. The minimum atomic E-state index is 0.505. The molecule has 1 aromatic rings. The lowest BCUT2D eigenvalue weighted by molar-refractivity contribution is 0.315. The van der Waals surface area contributed by atoms with E-state index in [-0.39, 0.29) is 0 Å². The Morgan fingerprint density at radius 3 is 2.81 bits per heavy atom. The molecular weight excluding hydrogens is 262 g/mol. The zero-order valence-corrected chi connectivity index (χ0v) is 13.3. The average molecular weight is 289 g/mol.